The van der Waals surface area contributed by atoms with Crippen molar-refractivity contribution in [3.8, 4) is 10.6 Å². The van der Waals surface area contributed by atoms with E-state index in [0.29, 0.717) is 22.2 Å². The minimum Gasteiger partial charge on any atom is -0.366 e. The van der Waals surface area contributed by atoms with Gasteiger partial charge in [0.15, 0.2) is 10.9 Å². The van der Waals surface area contributed by atoms with E-state index in [0.717, 1.165) is 42.1 Å². The molecule has 0 radical (unpaired) electrons. The van der Waals surface area contributed by atoms with Crippen molar-refractivity contribution in [3.63, 3.8) is 0 Å². The zero-order chi connectivity index (χ0) is 25.4. The normalized spacial score (nSPS) is 13.2. The predicted molar refractivity (Wildman–Crippen MR) is 142 cm³/mol. The summed E-state index contributed by atoms with van der Waals surface area (Å²) in [5.74, 6) is 0.178. The van der Waals surface area contributed by atoms with Crippen molar-refractivity contribution in [1.82, 2.24) is 25.1 Å². The quantitative estimate of drug-likeness (QED) is 0.226. The van der Waals surface area contributed by atoms with Gasteiger partial charge in [-0.05, 0) is 62.7 Å². The van der Waals surface area contributed by atoms with E-state index >= 15 is 0 Å². The van der Waals surface area contributed by atoms with E-state index in [-0.39, 0.29) is 16.4 Å². The first kappa shape index (κ1) is 23.8. The number of rotatable bonds is 5. The number of carbonyl (C=O) groups is 1. The Kier molecular flexibility index (Phi) is 6.33. The van der Waals surface area contributed by atoms with Gasteiger partial charge in [0.1, 0.15) is 10.7 Å². The number of carbonyl (C=O) groups excluding carboxylic acids is 1. The summed E-state index contributed by atoms with van der Waals surface area (Å²) in [6.45, 7) is 5.28. The number of nitro benzene ring substituents is 1. The highest BCUT2D eigenvalue weighted by Gasteiger charge is 2.24. The number of nitrogens with zero attached hydrogens (tertiary/aromatic N) is 6. The summed E-state index contributed by atoms with van der Waals surface area (Å²) in [6, 6.07) is 10.3. The molecule has 2 aromatic heterocycles. The highest BCUT2D eigenvalue weighted by Crippen LogP contribution is 2.32. The standard InChI is InChI=1S/C23H22N8O3S2/c1-13-5-6-16(21-28-30-14(2)26-27-23(30)36-21)11-17(13)24-22(35)25-20(32)15-7-8-18(19(12-15)31(33)34)29-9-3-4-10-29/h5-8,11-12H,3-4,9-10H2,1-2H3,(H2,24,25,32,35). The average Bonchev–Trinajstić information content (AvgIpc) is 3.60. The van der Waals surface area contributed by atoms with Gasteiger partial charge < -0.3 is 10.2 Å². The lowest BCUT2D eigenvalue weighted by molar-refractivity contribution is -0.384. The first-order valence-corrected chi connectivity index (χ1v) is 12.5. The van der Waals surface area contributed by atoms with Crippen LogP contribution in [-0.2, 0) is 0 Å². The number of thiocarbonyl (C=S) groups is 1. The van der Waals surface area contributed by atoms with Crippen molar-refractivity contribution in [3.05, 3.63) is 63.5 Å². The fourth-order valence-electron chi connectivity index (χ4n) is 4.09. The molecule has 36 heavy (non-hydrogen) atoms. The Hall–Kier alpha value is -3.97. The first-order chi connectivity index (χ1) is 17.3. The van der Waals surface area contributed by atoms with Gasteiger partial charge in [-0.3, -0.25) is 20.2 Å². The van der Waals surface area contributed by atoms with Crippen molar-refractivity contribution < 1.29 is 9.72 Å². The number of nitro groups is 1. The second kappa shape index (κ2) is 9.59. The van der Waals surface area contributed by atoms with Gasteiger partial charge >= 0.3 is 0 Å². The zero-order valence-electron chi connectivity index (χ0n) is 19.5. The van der Waals surface area contributed by atoms with Crippen LogP contribution in [0.15, 0.2) is 36.4 Å². The maximum atomic E-state index is 12.8. The van der Waals surface area contributed by atoms with E-state index in [1.54, 1.807) is 16.6 Å². The molecule has 1 saturated heterocycles. The summed E-state index contributed by atoms with van der Waals surface area (Å²) in [7, 11) is 0. The van der Waals surface area contributed by atoms with Gasteiger partial charge in [-0.2, -0.15) is 9.61 Å². The monoisotopic (exact) mass is 522 g/mol. The van der Waals surface area contributed by atoms with Gasteiger partial charge in [0.05, 0.1) is 4.92 Å². The van der Waals surface area contributed by atoms with Crippen molar-refractivity contribution in [2.24, 2.45) is 0 Å². The van der Waals surface area contributed by atoms with E-state index in [4.69, 9.17) is 12.2 Å². The predicted octanol–water partition coefficient (Wildman–Crippen LogP) is 4.10. The average molecular weight is 523 g/mol. The van der Waals surface area contributed by atoms with Gasteiger partial charge in [-0.25, -0.2) is 0 Å². The summed E-state index contributed by atoms with van der Waals surface area (Å²) >= 11 is 6.78. The second-order valence-electron chi connectivity index (χ2n) is 8.44. The lowest BCUT2D eigenvalue weighted by atomic mass is 10.1. The molecule has 2 aromatic carbocycles. The van der Waals surface area contributed by atoms with Crippen LogP contribution in [0, 0.1) is 24.0 Å². The van der Waals surface area contributed by atoms with E-state index in [2.05, 4.69) is 25.9 Å². The number of fused-ring (bicyclic) bond motifs is 1. The van der Waals surface area contributed by atoms with E-state index in [9.17, 15) is 14.9 Å². The van der Waals surface area contributed by atoms with Gasteiger partial charge in [0.2, 0.25) is 4.96 Å². The molecule has 0 atom stereocenters. The largest absolute Gasteiger partial charge is 0.366 e. The molecule has 1 fully saturated rings. The number of aryl methyl sites for hydroxylation is 2. The highest BCUT2D eigenvalue weighted by atomic mass is 32.1. The van der Waals surface area contributed by atoms with Crippen molar-refractivity contribution in [1.29, 1.82) is 0 Å². The molecule has 0 saturated carbocycles. The lowest BCUT2D eigenvalue weighted by Gasteiger charge is -2.18. The minimum absolute atomic E-state index is 0.0838. The van der Waals surface area contributed by atoms with Crippen LogP contribution in [-0.4, -0.2) is 48.8 Å². The first-order valence-electron chi connectivity index (χ1n) is 11.3. The molecular formula is C23H22N8O3S2. The SMILES string of the molecule is Cc1ccc(-c2nn3c(C)nnc3s2)cc1NC(=S)NC(=O)c1ccc(N2CCCC2)c([N+](=O)[O-])c1. The third-order valence-electron chi connectivity index (χ3n) is 5.99. The van der Waals surface area contributed by atoms with E-state index < -0.39 is 10.8 Å². The topological polar surface area (TPSA) is 131 Å². The molecule has 13 heteroatoms. The zero-order valence-corrected chi connectivity index (χ0v) is 21.2. The maximum absolute atomic E-state index is 12.8. The molecule has 1 aliphatic heterocycles. The van der Waals surface area contributed by atoms with Gasteiger partial charge in [0.25, 0.3) is 11.6 Å². The molecule has 1 aliphatic rings. The van der Waals surface area contributed by atoms with Crippen molar-refractivity contribution >= 4 is 56.6 Å². The molecule has 11 nitrogen and oxygen atoms in total. The van der Waals surface area contributed by atoms with Gasteiger partial charge in [-0.15, -0.1) is 10.2 Å². The minimum atomic E-state index is -0.526. The number of nitrogens with one attached hydrogen (secondary N) is 2. The molecule has 0 aliphatic carbocycles. The Morgan fingerprint density at radius 1 is 1.14 bits per heavy atom. The maximum Gasteiger partial charge on any atom is 0.293 e. The third-order valence-corrected chi connectivity index (χ3v) is 7.14. The lowest BCUT2D eigenvalue weighted by Crippen LogP contribution is -2.34. The van der Waals surface area contributed by atoms with Crippen LogP contribution in [0.5, 0.6) is 0 Å². The van der Waals surface area contributed by atoms with Crippen molar-refractivity contribution in [2.45, 2.75) is 26.7 Å². The molecule has 2 N–H and O–H groups in total. The number of hydrogen-bond acceptors (Lipinski definition) is 9. The number of aromatic nitrogens is 4. The molecular weight excluding hydrogens is 500 g/mol. The molecule has 5 rings (SSSR count). The van der Waals surface area contributed by atoms with Crippen molar-refractivity contribution in [2.75, 3.05) is 23.3 Å². The van der Waals surface area contributed by atoms with Gasteiger partial charge in [-0.1, -0.05) is 23.5 Å². The highest BCUT2D eigenvalue weighted by molar-refractivity contribution is 7.80. The van der Waals surface area contributed by atoms with Crippen LogP contribution in [0.2, 0.25) is 0 Å². The number of hydrogen-bond donors (Lipinski definition) is 2. The Morgan fingerprint density at radius 2 is 1.92 bits per heavy atom. The number of benzene rings is 2. The van der Waals surface area contributed by atoms with Crippen LogP contribution >= 0.6 is 23.6 Å². The van der Waals surface area contributed by atoms with Crippen LogP contribution in [0.25, 0.3) is 15.5 Å². The molecule has 0 spiro atoms. The number of anilines is 2. The van der Waals surface area contributed by atoms with Gasteiger partial charge in [0, 0.05) is 36.0 Å². The Labute approximate surface area is 215 Å². The summed E-state index contributed by atoms with van der Waals surface area (Å²) in [4.78, 5) is 26.7. The molecule has 0 bridgehead atoms. The fraction of sp³-hybridized carbons (Fsp3) is 0.261. The molecule has 4 aromatic rings. The van der Waals surface area contributed by atoms with E-state index in [1.807, 2.05) is 36.9 Å². The summed E-state index contributed by atoms with van der Waals surface area (Å²) in [5, 5.41) is 30.8. The molecule has 3 heterocycles. The molecule has 1 amide bonds. The summed E-state index contributed by atoms with van der Waals surface area (Å²) < 4.78 is 1.69. The molecule has 184 valence electrons. The smallest absolute Gasteiger partial charge is 0.293 e. The Morgan fingerprint density at radius 3 is 2.64 bits per heavy atom. The van der Waals surface area contributed by atoms with Crippen LogP contribution in [0.1, 0.15) is 34.6 Å². The summed E-state index contributed by atoms with van der Waals surface area (Å²) in [5.41, 5.74) is 3.08. The van der Waals surface area contributed by atoms with Crippen LogP contribution < -0.4 is 15.5 Å². The summed E-state index contributed by atoms with van der Waals surface area (Å²) in [6.07, 6.45) is 1.99. The Balaban J connectivity index is 1.31. The fourth-order valence-corrected chi connectivity index (χ4v) is 5.17. The molecule has 0 unspecified atom stereocenters. The number of amides is 1. The third kappa shape index (κ3) is 4.62. The second-order valence-corrected chi connectivity index (χ2v) is 9.81. The Bertz CT molecular complexity index is 1510. The van der Waals surface area contributed by atoms with Crippen LogP contribution in [0.4, 0.5) is 17.1 Å². The van der Waals surface area contributed by atoms with E-state index in [1.165, 1.54) is 17.4 Å². The van der Waals surface area contributed by atoms with Crippen LogP contribution in [0.3, 0.4) is 0 Å².